The molecule has 0 bridgehead atoms. The van der Waals surface area contributed by atoms with Crippen LogP contribution in [0.3, 0.4) is 0 Å². The molecule has 0 aromatic heterocycles. The molecule has 0 radical (unpaired) electrons. The van der Waals surface area contributed by atoms with E-state index >= 15 is 0 Å². The molecule has 0 aliphatic heterocycles. The number of hydrogen-bond donors (Lipinski definition) is 0. The van der Waals surface area contributed by atoms with Crippen molar-refractivity contribution in [2.75, 3.05) is 0 Å². The van der Waals surface area contributed by atoms with Gasteiger partial charge in [0.2, 0.25) is 5.24 Å². The second-order valence-electron chi connectivity index (χ2n) is 7.15. The minimum atomic E-state index is -2.59. The molecule has 0 saturated heterocycles. The Balaban J connectivity index is 2.64. The molecule has 0 saturated carbocycles. The maximum absolute atomic E-state index is 11.4. The van der Waals surface area contributed by atoms with E-state index < -0.39 is 8.32 Å². The van der Waals surface area contributed by atoms with Crippen molar-refractivity contribution < 1.29 is 9.22 Å². The molecule has 0 amide bonds. The summed E-state index contributed by atoms with van der Waals surface area (Å²) in [5, 5.41) is 1.95. The van der Waals surface area contributed by atoms with Gasteiger partial charge in [-0.05, 0) is 33.9 Å². The number of carbonyl (C=O) groups excluding carboxylic acids is 1. The molecule has 2 aromatic carbocycles. The summed E-state index contributed by atoms with van der Waals surface area (Å²) >= 11 is 5.60. The van der Waals surface area contributed by atoms with Gasteiger partial charge in [-0.1, -0.05) is 81.4 Å². The van der Waals surface area contributed by atoms with Crippen LogP contribution < -0.4 is 10.4 Å². The second-order valence-corrected chi connectivity index (χ2v) is 11.8. The monoisotopic (exact) mass is 360 g/mol. The van der Waals surface area contributed by atoms with Gasteiger partial charge in [0.1, 0.15) is 0 Å². The summed E-state index contributed by atoms with van der Waals surface area (Å²) in [6.07, 6.45) is -0.0206. The summed E-state index contributed by atoms with van der Waals surface area (Å²) in [7, 11) is -2.59. The lowest BCUT2D eigenvalue weighted by molar-refractivity contribution is -0.113. The number of hydrogen-bond acceptors (Lipinski definition) is 2. The SMILES string of the molecule is CC(CC(=O)Cl)O[Si](c1ccccc1)(c1ccccc1)C(C)(C)C. The van der Waals surface area contributed by atoms with E-state index in [-0.39, 0.29) is 22.8 Å². The van der Waals surface area contributed by atoms with Crippen molar-refractivity contribution in [2.24, 2.45) is 0 Å². The molecule has 0 heterocycles. The van der Waals surface area contributed by atoms with E-state index in [0.29, 0.717) is 0 Å². The molecule has 1 unspecified atom stereocenters. The van der Waals surface area contributed by atoms with E-state index in [4.69, 9.17) is 16.0 Å². The molecular formula is C20H25ClO2Si. The normalized spacial score (nSPS) is 13.5. The first-order valence-electron chi connectivity index (χ1n) is 8.24. The van der Waals surface area contributed by atoms with Crippen molar-refractivity contribution in [2.45, 2.75) is 45.3 Å². The van der Waals surface area contributed by atoms with E-state index in [9.17, 15) is 4.79 Å². The number of carbonyl (C=O) groups is 1. The smallest absolute Gasteiger partial charge is 0.261 e. The molecule has 4 heteroatoms. The molecule has 1 atom stereocenters. The summed E-state index contributed by atoms with van der Waals surface area (Å²) < 4.78 is 6.72. The van der Waals surface area contributed by atoms with E-state index in [2.05, 4.69) is 45.0 Å². The Morgan fingerprint density at radius 1 is 1.00 bits per heavy atom. The van der Waals surface area contributed by atoms with Crippen LogP contribution in [0.4, 0.5) is 0 Å². The predicted octanol–water partition coefficient (Wildman–Crippen LogP) is 4.11. The van der Waals surface area contributed by atoms with E-state index in [1.54, 1.807) is 0 Å². The third-order valence-electron chi connectivity index (χ3n) is 4.24. The minimum absolute atomic E-state index is 0.0979. The van der Waals surface area contributed by atoms with Crippen LogP contribution in [-0.2, 0) is 9.22 Å². The fourth-order valence-electron chi connectivity index (χ4n) is 3.26. The maximum atomic E-state index is 11.4. The van der Waals surface area contributed by atoms with Crippen molar-refractivity contribution in [1.82, 2.24) is 0 Å². The first-order valence-corrected chi connectivity index (χ1v) is 10.5. The Hall–Kier alpha value is -1.42. The van der Waals surface area contributed by atoms with Gasteiger partial charge in [-0.3, -0.25) is 4.79 Å². The lowest BCUT2D eigenvalue weighted by atomic mass is 10.2. The molecule has 2 nitrogen and oxygen atoms in total. The molecule has 2 aromatic rings. The zero-order valence-corrected chi connectivity index (χ0v) is 16.5. The molecule has 0 aliphatic rings. The highest BCUT2D eigenvalue weighted by Crippen LogP contribution is 2.37. The van der Waals surface area contributed by atoms with Crippen LogP contribution >= 0.6 is 11.6 Å². The number of benzene rings is 2. The Morgan fingerprint density at radius 3 is 1.75 bits per heavy atom. The van der Waals surface area contributed by atoms with Crippen molar-refractivity contribution in [3.63, 3.8) is 0 Å². The van der Waals surface area contributed by atoms with Gasteiger partial charge < -0.3 is 4.43 Å². The summed E-state index contributed by atoms with van der Waals surface area (Å²) in [4.78, 5) is 11.4. The second kappa shape index (κ2) is 7.64. The topological polar surface area (TPSA) is 26.3 Å². The first kappa shape index (κ1) is 18.9. The van der Waals surface area contributed by atoms with Gasteiger partial charge in [-0.15, -0.1) is 0 Å². The molecule has 24 heavy (non-hydrogen) atoms. The fourth-order valence-corrected chi connectivity index (χ4v) is 8.18. The van der Waals surface area contributed by atoms with Crippen LogP contribution in [0.15, 0.2) is 60.7 Å². The van der Waals surface area contributed by atoms with Gasteiger partial charge in [0.05, 0.1) is 6.10 Å². The standard InChI is InChI=1S/C20H25ClO2Si/c1-16(15-19(21)22)23-24(20(2,3)4,17-11-7-5-8-12-17)18-13-9-6-10-14-18/h5-14,16H,15H2,1-4H3. The lowest BCUT2D eigenvalue weighted by Gasteiger charge is -2.44. The third-order valence-corrected chi connectivity index (χ3v) is 9.56. The molecule has 0 aliphatic carbocycles. The Kier molecular flexibility index (Phi) is 6.02. The number of rotatable bonds is 6. The quantitative estimate of drug-likeness (QED) is 0.572. The molecule has 0 N–H and O–H groups in total. The van der Waals surface area contributed by atoms with E-state index in [1.807, 2.05) is 43.3 Å². The molecule has 128 valence electrons. The van der Waals surface area contributed by atoms with Crippen molar-refractivity contribution in [3.05, 3.63) is 60.7 Å². The average molecular weight is 361 g/mol. The van der Waals surface area contributed by atoms with E-state index in [0.717, 1.165) is 0 Å². The molecular weight excluding hydrogens is 336 g/mol. The molecule has 0 spiro atoms. The highest BCUT2D eigenvalue weighted by Gasteiger charge is 2.51. The Labute approximate surface area is 150 Å². The highest BCUT2D eigenvalue weighted by atomic mass is 35.5. The van der Waals surface area contributed by atoms with Crippen molar-refractivity contribution in [1.29, 1.82) is 0 Å². The van der Waals surface area contributed by atoms with Gasteiger partial charge in [-0.2, -0.15) is 0 Å². The van der Waals surface area contributed by atoms with Gasteiger partial charge in [-0.25, -0.2) is 0 Å². The fraction of sp³-hybridized carbons (Fsp3) is 0.350. The van der Waals surface area contributed by atoms with Gasteiger partial charge in [0.15, 0.2) is 0 Å². The molecule has 2 rings (SSSR count). The van der Waals surface area contributed by atoms with Crippen LogP contribution in [0.2, 0.25) is 5.04 Å². The van der Waals surface area contributed by atoms with Crippen molar-refractivity contribution in [3.8, 4) is 0 Å². The van der Waals surface area contributed by atoms with Gasteiger partial charge in [0, 0.05) is 6.42 Å². The summed E-state index contributed by atoms with van der Waals surface area (Å²) in [6, 6.07) is 20.8. The lowest BCUT2D eigenvalue weighted by Crippen LogP contribution is -2.67. The summed E-state index contributed by atoms with van der Waals surface area (Å²) in [5.41, 5.74) is 0. The van der Waals surface area contributed by atoms with E-state index in [1.165, 1.54) is 10.4 Å². The van der Waals surface area contributed by atoms with Gasteiger partial charge in [0.25, 0.3) is 8.32 Å². The zero-order valence-electron chi connectivity index (χ0n) is 14.8. The van der Waals surface area contributed by atoms with Crippen LogP contribution in [0.1, 0.15) is 34.1 Å². The summed E-state index contributed by atoms with van der Waals surface area (Å²) in [6.45, 7) is 8.58. The highest BCUT2D eigenvalue weighted by molar-refractivity contribution is 6.99. The average Bonchev–Trinajstić information content (AvgIpc) is 2.52. The summed E-state index contributed by atoms with van der Waals surface area (Å²) in [5.74, 6) is 0. The largest absolute Gasteiger partial charge is 0.404 e. The first-order chi connectivity index (χ1) is 11.3. The number of halogens is 1. The maximum Gasteiger partial charge on any atom is 0.261 e. The Morgan fingerprint density at radius 2 is 1.42 bits per heavy atom. The van der Waals surface area contributed by atoms with Crippen LogP contribution in [0, 0.1) is 0 Å². The van der Waals surface area contributed by atoms with Crippen LogP contribution in [0.25, 0.3) is 0 Å². The zero-order chi connectivity index (χ0) is 17.8. The predicted molar refractivity (Wildman–Crippen MR) is 104 cm³/mol. The van der Waals surface area contributed by atoms with Gasteiger partial charge >= 0.3 is 0 Å². The van der Waals surface area contributed by atoms with Crippen molar-refractivity contribution >= 4 is 35.5 Å². The van der Waals surface area contributed by atoms with Crippen LogP contribution in [0.5, 0.6) is 0 Å². The van der Waals surface area contributed by atoms with Crippen LogP contribution in [-0.4, -0.2) is 19.7 Å². The Bertz CT molecular complexity index is 626. The third kappa shape index (κ3) is 3.97. The molecule has 0 fully saturated rings. The minimum Gasteiger partial charge on any atom is -0.404 e.